The lowest BCUT2D eigenvalue weighted by Crippen LogP contribution is -2.59. The van der Waals surface area contributed by atoms with Crippen molar-refractivity contribution in [2.75, 3.05) is 39.0 Å². The molecular weight excluding hydrogens is 336 g/mol. The van der Waals surface area contributed by atoms with E-state index >= 15 is 0 Å². The van der Waals surface area contributed by atoms with E-state index in [0.717, 1.165) is 49.1 Å². The topological polar surface area (TPSA) is 82.7 Å². The maximum Gasteiger partial charge on any atom is 0.253 e. The summed E-state index contributed by atoms with van der Waals surface area (Å²) in [6, 6.07) is 5.60. The molecule has 2 aliphatic heterocycles. The van der Waals surface area contributed by atoms with Gasteiger partial charge in [-0.15, -0.1) is 0 Å². The van der Waals surface area contributed by atoms with Gasteiger partial charge in [-0.1, -0.05) is 11.3 Å². The van der Waals surface area contributed by atoms with Crippen LogP contribution in [-0.2, 0) is 0 Å². The Balaban J connectivity index is 1.58. The number of carbonyl (C=O) groups is 1. The van der Waals surface area contributed by atoms with Gasteiger partial charge in [0, 0.05) is 37.2 Å². The van der Waals surface area contributed by atoms with Crippen molar-refractivity contribution >= 4 is 32.6 Å². The van der Waals surface area contributed by atoms with E-state index in [9.17, 15) is 9.90 Å². The third kappa shape index (κ3) is 3.01. The van der Waals surface area contributed by atoms with E-state index in [4.69, 9.17) is 5.73 Å². The van der Waals surface area contributed by atoms with E-state index in [0.29, 0.717) is 17.2 Å². The number of benzene rings is 1. The summed E-state index contributed by atoms with van der Waals surface area (Å²) in [5.41, 5.74) is 6.98. The smallest absolute Gasteiger partial charge is 0.253 e. The Bertz CT molecular complexity index is 807. The number of aliphatic hydroxyl groups excluding tert-OH is 1. The first-order valence-electron chi connectivity index (χ1n) is 8.79. The number of hydrogen-bond donors (Lipinski definition) is 2. The van der Waals surface area contributed by atoms with Gasteiger partial charge in [-0.25, -0.2) is 4.98 Å². The van der Waals surface area contributed by atoms with Crippen LogP contribution >= 0.6 is 11.3 Å². The molecule has 0 saturated carbocycles. The quantitative estimate of drug-likeness (QED) is 0.810. The third-order valence-corrected chi connectivity index (χ3v) is 6.49. The van der Waals surface area contributed by atoms with Crippen molar-refractivity contribution < 1.29 is 9.90 Å². The number of carbonyl (C=O) groups excluding carboxylic acids is 1. The van der Waals surface area contributed by atoms with Crippen LogP contribution in [0.1, 0.15) is 29.6 Å². The minimum atomic E-state index is -0.333. The molecule has 2 atom stereocenters. The summed E-state index contributed by atoms with van der Waals surface area (Å²) >= 11 is 1.43. The van der Waals surface area contributed by atoms with E-state index in [2.05, 4.69) is 16.9 Å². The molecule has 134 valence electrons. The first-order chi connectivity index (χ1) is 12.0. The van der Waals surface area contributed by atoms with Crippen LogP contribution in [-0.4, -0.2) is 65.1 Å². The molecular formula is C18H24N4O2S. The number of likely N-dealkylation sites (tertiary alicyclic amines) is 2. The van der Waals surface area contributed by atoms with Crippen molar-refractivity contribution in [3.63, 3.8) is 0 Å². The van der Waals surface area contributed by atoms with Crippen molar-refractivity contribution in [1.29, 1.82) is 0 Å². The van der Waals surface area contributed by atoms with E-state index in [1.54, 1.807) is 0 Å². The Labute approximate surface area is 151 Å². The SMILES string of the molecule is CN1CC[C@H](O)[C@@]2(CCCN(C(=O)c3ccc4sc(N)nc4c3)C2)C1. The zero-order valence-electron chi connectivity index (χ0n) is 14.4. The Hall–Kier alpha value is -1.70. The second-order valence-corrected chi connectivity index (χ2v) is 8.53. The van der Waals surface area contributed by atoms with E-state index in [-0.39, 0.29) is 17.4 Å². The molecule has 6 nitrogen and oxygen atoms in total. The highest BCUT2D eigenvalue weighted by Crippen LogP contribution is 2.39. The standard InChI is InChI=1S/C18H24N4O2S/c1-21-8-5-15(23)18(10-21)6-2-7-22(11-18)16(24)12-3-4-14-13(9-12)20-17(19)25-14/h3-4,9,15,23H,2,5-8,10-11H2,1H3,(H2,19,20)/t15-,18-/m0/s1. The summed E-state index contributed by atoms with van der Waals surface area (Å²) in [7, 11) is 2.09. The second kappa shape index (κ2) is 6.23. The zero-order valence-corrected chi connectivity index (χ0v) is 15.3. The number of rotatable bonds is 1. The van der Waals surface area contributed by atoms with Gasteiger partial charge < -0.3 is 20.6 Å². The van der Waals surface area contributed by atoms with Crippen molar-refractivity contribution in [1.82, 2.24) is 14.8 Å². The van der Waals surface area contributed by atoms with Crippen LogP contribution in [0.25, 0.3) is 10.2 Å². The summed E-state index contributed by atoms with van der Waals surface area (Å²) in [4.78, 5) is 21.5. The van der Waals surface area contributed by atoms with Crippen LogP contribution in [0.4, 0.5) is 5.13 Å². The first-order valence-corrected chi connectivity index (χ1v) is 9.60. The first kappa shape index (κ1) is 16.8. The average molecular weight is 360 g/mol. The minimum absolute atomic E-state index is 0.0213. The molecule has 0 unspecified atom stereocenters. The van der Waals surface area contributed by atoms with Crippen LogP contribution in [0.3, 0.4) is 0 Å². The Kier molecular flexibility index (Phi) is 4.17. The lowest BCUT2D eigenvalue weighted by molar-refractivity contribution is -0.0731. The summed E-state index contributed by atoms with van der Waals surface area (Å²) < 4.78 is 0.994. The molecule has 0 radical (unpaired) electrons. The van der Waals surface area contributed by atoms with Gasteiger partial charge in [-0.05, 0) is 44.5 Å². The van der Waals surface area contributed by atoms with E-state index in [1.165, 1.54) is 11.3 Å². The number of piperidine rings is 2. The van der Waals surface area contributed by atoms with Gasteiger partial charge in [0.05, 0.1) is 16.3 Å². The van der Waals surface area contributed by atoms with Gasteiger partial charge in [-0.3, -0.25) is 4.79 Å². The zero-order chi connectivity index (χ0) is 17.6. The molecule has 1 aromatic carbocycles. The number of nitrogen functional groups attached to an aromatic ring is 1. The number of aliphatic hydroxyl groups is 1. The van der Waals surface area contributed by atoms with Gasteiger partial charge >= 0.3 is 0 Å². The van der Waals surface area contributed by atoms with Crippen LogP contribution in [0.5, 0.6) is 0 Å². The predicted molar refractivity (Wildman–Crippen MR) is 99.7 cm³/mol. The Morgan fingerprint density at radius 3 is 3.08 bits per heavy atom. The number of anilines is 1. The summed E-state index contributed by atoms with van der Waals surface area (Å²) in [6.45, 7) is 3.13. The number of hydrogen-bond acceptors (Lipinski definition) is 6. The summed E-state index contributed by atoms with van der Waals surface area (Å²) in [5, 5.41) is 11.1. The number of fused-ring (bicyclic) bond motifs is 1. The van der Waals surface area contributed by atoms with Crippen LogP contribution in [0.15, 0.2) is 18.2 Å². The normalized spacial score (nSPS) is 27.9. The lowest BCUT2D eigenvalue weighted by Gasteiger charge is -2.50. The monoisotopic (exact) mass is 360 g/mol. The molecule has 1 amide bonds. The highest BCUT2D eigenvalue weighted by atomic mass is 32.1. The highest BCUT2D eigenvalue weighted by Gasteiger charge is 2.45. The molecule has 4 rings (SSSR count). The highest BCUT2D eigenvalue weighted by molar-refractivity contribution is 7.22. The number of aromatic nitrogens is 1. The number of thiazole rings is 1. The van der Waals surface area contributed by atoms with Crippen LogP contribution < -0.4 is 5.73 Å². The average Bonchev–Trinajstić information content (AvgIpc) is 2.97. The van der Waals surface area contributed by atoms with E-state index < -0.39 is 0 Å². The molecule has 0 bridgehead atoms. The van der Waals surface area contributed by atoms with Crippen molar-refractivity contribution in [2.24, 2.45) is 5.41 Å². The Morgan fingerprint density at radius 1 is 1.40 bits per heavy atom. The molecule has 7 heteroatoms. The molecule has 3 N–H and O–H groups in total. The van der Waals surface area contributed by atoms with Crippen LogP contribution in [0, 0.1) is 5.41 Å². The number of nitrogens with two attached hydrogens (primary N) is 1. The lowest BCUT2D eigenvalue weighted by atomic mass is 9.71. The minimum Gasteiger partial charge on any atom is -0.392 e. The van der Waals surface area contributed by atoms with Crippen molar-refractivity contribution in [3.05, 3.63) is 23.8 Å². The molecule has 2 aliphatic rings. The fourth-order valence-electron chi connectivity index (χ4n) is 4.37. The molecule has 1 aromatic heterocycles. The second-order valence-electron chi connectivity index (χ2n) is 7.47. The maximum atomic E-state index is 13.0. The van der Waals surface area contributed by atoms with Gasteiger partial charge in [0.1, 0.15) is 0 Å². The van der Waals surface area contributed by atoms with E-state index in [1.807, 2.05) is 23.1 Å². The van der Waals surface area contributed by atoms with Gasteiger partial charge in [-0.2, -0.15) is 0 Å². The molecule has 3 heterocycles. The number of nitrogens with zero attached hydrogens (tertiary/aromatic N) is 3. The molecule has 1 spiro atoms. The van der Waals surface area contributed by atoms with Crippen molar-refractivity contribution in [3.8, 4) is 0 Å². The third-order valence-electron chi connectivity index (χ3n) is 5.62. The van der Waals surface area contributed by atoms with Gasteiger partial charge in [0.25, 0.3) is 5.91 Å². The van der Waals surface area contributed by atoms with Gasteiger partial charge in [0.2, 0.25) is 0 Å². The van der Waals surface area contributed by atoms with Crippen molar-refractivity contribution in [2.45, 2.75) is 25.4 Å². The molecule has 2 saturated heterocycles. The Morgan fingerprint density at radius 2 is 2.24 bits per heavy atom. The number of amides is 1. The summed E-state index contributed by atoms with van der Waals surface area (Å²) in [5.74, 6) is 0.0213. The molecule has 25 heavy (non-hydrogen) atoms. The van der Waals surface area contributed by atoms with Crippen LogP contribution in [0.2, 0.25) is 0 Å². The fourth-order valence-corrected chi connectivity index (χ4v) is 5.08. The molecule has 0 aliphatic carbocycles. The maximum absolute atomic E-state index is 13.0. The molecule has 2 fully saturated rings. The predicted octanol–water partition coefficient (Wildman–Crippen LogP) is 1.80. The fraction of sp³-hybridized carbons (Fsp3) is 0.556. The largest absolute Gasteiger partial charge is 0.392 e. The molecule has 2 aromatic rings. The summed E-state index contributed by atoms with van der Waals surface area (Å²) in [6.07, 6.45) is 2.36. The van der Waals surface area contributed by atoms with Gasteiger partial charge in [0.15, 0.2) is 5.13 Å².